The topological polar surface area (TPSA) is 60.9 Å². The van der Waals surface area contributed by atoms with Gasteiger partial charge in [0.2, 0.25) is 10.0 Å². The molecule has 0 bridgehead atoms. The van der Waals surface area contributed by atoms with Crippen molar-refractivity contribution in [3.63, 3.8) is 0 Å². The van der Waals surface area contributed by atoms with E-state index in [0.29, 0.717) is 6.54 Å². The molecule has 0 amide bonds. The lowest BCUT2D eigenvalue weighted by Gasteiger charge is -2.34. The third-order valence-electron chi connectivity index (χ3n) is 5.24. The molecule has 2 heterocycles. The van der Waals surface area contributed by atoms with Crippen molar-refractivity contribution >= 4 is 10.0 Å². The SMILES string of the molecule is O=S(=O)(c1ccccc1)N1C[C@@H](O)[C@H](N2CCc3ccccc3C2)C1. The number of nitrogens with zero attached hydrogens (tertiary/aromatic N) is 2. The minimum Gasteiger partial charge on any atom is -0.390 e. The van der Waals surface area contributed by atoms with Gasteiger partial charge in [-0.05, 0) is 29.7 Å². The number of sulfonamides is 1. The highest BCUT2D eigenvalue weighted by molar-refractivity contribution is 7.89. The average molecular weight is 358 g/mol. The zero-order chi connectivity index (χ0) is 17.4. The molecule has 2 aromatic carbocycles. The van der Waals surface area contributed by atoms with Crippen molar-refractivity contribution in [2.24, 2.45) is 0 Å². The Bertz CT molecular complexity index is 854. The van der Waals surface area contributed by atoms with Crippen LogP contribution in [0.4, 0.5) is 0 Å². The number of benzene rings is 2. The number of aliphatic hydroxyl groups excluding tert-OH is 1. The van der Waals surface area contributed by atoms with Crippen LogP contribution in [0.1, 0.15) is 11.1 Å². The van der Waals surface area contributed by atoms with Gasteiger partial charge in [-0.1, -0.05) is 42.5 Å². The molecule has 2 aliphatic rings. The first-order valence-corrected chi connectivity index (χ1v) is 10.0. The van der Waals surface area contributed by atoms with Gasteiger partial charge in [0.25, 0.3) is 0 Å². The summed E-state index contributed by atoms with van der Waals surface area (Å²) in [4.78, 5) is 2.50. The third kappa shape index (κ3) is 3.11. The lowest BCUT2D eigenvalue weighted by Crippen LogP contribution is -2.45. The Kier molecular flexibility index (Phi) is 4.37. The Hall–Kier alpha value is -1.73. The molecular formula is C19H22N2O3S. The minimum atomic E-state index is -3.56. The maximum absolute atomic E-state index is 12.8. The van der Waals surface area contributed by atoms with Gasteiger partial charge in [-0.15, -0.1) is 0 Å². The minimum absolute atomic E-state index is 0.153. The lowest BCUT2D eigenvalue weighted by atomic mass is 9.98. The Balaban J connectivity index is 1.53. The van der Waals surface area contributed by atoms with Crippen molar-refractivity contribution in [3.8, 4) is 0 Å². The van der Waals surface area contributed by atoms with E-state index < -0.39 is 16.1 Å². The van der Waals surface area contributed by atoms with E-state index in [-0.39, 0.29) is 17.5 Å². The fraction of sp³-hybridized carbons (Fsp3) is 0.368. The summed E-state index contributed by atoms with van der Waals surface area (Å²) < 4.78 is 27.0. The summed E-state index contributed by atoms with van der Waals surface area (Å²) in [6.07, 6.45) is 0.272. The average Bonchev–Trinajstić information content (AvgIpc) is 3.04. The molecule has 0 aliphatic carbocycles. The van der Waals surface area contributed by atoms with Crippen molar-refractivity contribution < 1.29 is 13.5 Å². The van der Waals surface area contributed by atoms with Gasteiger partial charge in [0.05, 0.1) is 17.0 Å². The Morgan fingerprint density at radius 3 is 2.36 bits per heavy atom. The zero-order valence-corrected chi connectivity index (χ0v) is 14.8. The summed E-state index contributed by atoms with van der Waals surface area (Å²) in [6.45, 7) is 2.09. The van der Waals surface area contributed by atoms with Crippen LogP contribution in [0.3, 0.4) is 0 Å². The standard InChI is InChI=1S/C19H22N2O3S/c22-19-14-21(25(23,24)17-8-2-1-3-9-17)13-18(19)20-11-10-15-6-4-5-7-16(15)12-20/h1-9,18-19,22H,10-14H2/t18-,19-/m1/s1. The number of hydrogen-bond acceptors (Lipinski definition) is 4. The first kappa shape index (κ1) is 16.7. The first-order valence-electron chi connectivity index (χ1n) is 8.60. The number of hydrogen-bond donors (Lipinski definition) is 1. The summed E-state index contributed by atoms with van der Waals surface area (Å²) in [5, 5.41) is 10.5. The molecular weight excluding hydrogens is 336 g/mol. The van der Waals surface area contributed by atoms with Crippen LogP contribution in [-0.4, -0.2) is 54.5 Å². The molecule has 2 aliphatic heterocycles. The highest BCUT2D eigenvalue weighted by Gasteiger charge is 2.41. The maximum Gasteiger partial charge on any atom is 0.243 e. The van der Waals surface area contributed by atoms with Crippen LogP contribution in [0.2, 0.25) is 0 Å². The van der Waals surface area contributed by atoms with Crippen molar-refractivity contribution in [3.05, 3.63) is 65.7 Å². The molecule has 5 nitrogen and oxygen atoms in total. The van der Waals surface area contributed by atoms with Gasteiger partial charge in [-0.25, -0.2) is 8.42 Å². The second kappa shape index (κ2) is 6.53. The van der Waals surface area contributed by atoms with E-state index in [9.17, 15) is 13.5 Å². The predicted octanol–water partition coefficient (Wildman–Crippen LogP) is 1.48. The number of β-amino-alcohol motifs (C(OH)–C–C–N with tert-alkyl or cyclic N) is 1. The predicted molar refractivity (Wildman–Crippen MR) is 95.6 cm³/mol. The van der Waals surface area contributed by atoms with E-state index in [1.165, 1.54) is 15.4 Å². The van der Waals surface area contributed by atoms with Crippen LogP contribution >= 0.6 is 0 Å². The molecule has 0 saturated carbocycles. The lowest BCUT2D eigenvalue weighted by molar-refractivity contribution is 0.0746. The van der Waals surface area contributed by atoms with E-state index in [1.807, 2.05) is 12.1 Å². The van der Waals surface area contributed by atoms with E-state index in [4.69, 9.17) is 0 Å². The summed E-state index contributed by atoms with van der Waals surface area (Å²) in [5.41, 5.74) is 2.62. The van der Waals surface area contributed by atoms with Crippen LogP contribution in [-0.2, 0) is 23.0 Å². The van der Waals surface area contributed by atoms with Gasteiger partial charge >= 0.3 is 0 Å². The summed E-state index contributed by atoms with van der Waals surface area (Å²) in [6, 6.07) is 16.6. The molecule has 0 aromatic heterocycles. The highest BCUT2D eigenvalue weighted by atomic mass is 32.2. The van der Waals surface area contributed by atoms with Crippen LogP contribution in [0.5, 0.6) is 0 Å². The smallest absolute Gasteiger partial charge is 0.243 e. The van der Waals surface area contributed by atoms with Crippen molar-refractivity contribution in [1.82, 2.24) is 9.21 Å². The van der Waals surface area contributed by atoms with Crippen molar-refractivity contribution in [2.75, 3.05) is 19.6 Å². The van der Waals surface area contributed by atoms with Gasteiger partial charge in [-0.2, -0.15) is 4.31 Å². The molecule has 6 heteroatoms. The van der Waals surface area contributed by atoms with Crippen molar-refractivity contribution in [2.45, 2.75) is 30.0 Å². The van der Waals surface area contributed by atoms with Crippen LogP contribution in [0.25, 0.3) is 0 Å². The second-order valence-electron chi connectivity index (χ2n) is 6.76. The molecule has 0 radical (unpaired) electrons. The molecule has 1 fully saturated rings. The molecule has 1 N–H and O–H groups in total. The Labute approximate surface area is 148 Å². The molecule has 0 unspecified atom stereocenters. The maximum atomic E-state index is 12.8. The Morgan fingerprint density at radius 2 is 1.60 bits per heavy atom. The highest BCUT2D eigenvalue weighted by Crippen LogP contribution is 2.27. The van der Waals surface area contributed by atoms with E-state index in [0.717, 1.165) is 19.5 Å². The normalized spacial score (nSPS) is 25.0. The number of fused-ring (bicyclic) bond motifs is 1. The van der Waals surface area contributed by atoms with Gasteiger partial charge in [0.1, 0.15) is 0 Å². The summed E-state index contributed by atoms with van der Waals surface area (Å²) in [7, 11) is -3.56. The van der Waals surface area contributed by atoms with Crippen LogP contribution in [0.15, 0.2) is 59.5 Å². The number of aliphatic hydroxyl groups is 1. The molecule has 1 saturated heterocycles. The van der Waals surface area contributed by atoms with E-state index >= 15 is 0 Å². The van der Waals surface area contributed by atoms with Crippen molar-refractivity contribution in [1.29, 1.82) is 0 Å². The van der Waals surface area contributed by atoms with Crippen LogP contribution in [0, 0.1) is 0 Å². The molecule has 2 atom stereocenters. The first-order chi connectivity index (χ1) is 12.1. The summed E-state index contributed by atoms with van der Waals surface area (Å²) >= 11 is 0. The quantitative estimate of drug-likeness (QED) is 0.903. The third-order valence-corrected chi connectivity index (χ3v) is 7.08. The van der Waals surface area contributed by atoms with Gasteiger partial charge in [0.15, 0.2) is 0 Å². The molecule has 4 rings (SSSR count). The zero-order valence-electron chi connectivity index (χ0n) is 14.0. The van der Waals surface area contributed by atoms with Gasteiger partial charge in [-0.3, -0.25) is 4.90 Å². The second-order valence-corrected chi connectivity index (χ2v) is 8.70. The van der Waals surface area contributed by atoms with Gasteiger partial charge in [0, 0.05) is 26.2 Å². The van der Waals surface area contributed by atoms with E-state index in [1.54, 1.807) is 30.3 Å². The molecule has 25 heavy (non-hydrogen) atoms. The van der Waals surface area contributed by atoms with Gasteiger partial charge < -0.3 is 5.11 Å². The largest absolute Gasteiger partial charge is 0.390 e. The molecule has 2 aromatic rings. The molecule has 132 valence electrons. The van der Waals surface area contributed by atoms with E-state index in [2.05, 4.69) is 17.0 Å². The summed E-state index contributed by atoms with van der Waals surface area (Å²) in [5.74, 6) is 0. The fourth-order valence-corrected chi connectivity index (χ4v) is 5.33. The Morgan fingerprint density at radius 1 is 0.920 bits per heavy atom. The van der Waals surface area contributed by atoms with Crippen LogP contribution < -0.4 is 0 Å². The number of rotatable bonds is 3. The molecule has 0 spiro atoms. The monoisotopic (exact) mass is 358 g/mol. The fourth-order valence-electron chi connectivity index (χ4n) is 3.83.